The lowest BCUT2D eigenvalue weighted by Crippen LogP contribution is -2.03. The minimum Gasteiger partial charge on any atom is -0.399 e. The van der Waals surface area contributed by atoms with Crippen molar-refractivity contribution in [1.82, 2.24) is 9.55 Å². The van der Waals surface area contributed by atoms with E-state index in [0.29, 0.717) is 0 Å². The predicted octanol–water partition coefficient (Wildman–Crippen LogP) is 2.47. The number of imidazole rings is 1. The molecule has 2 N–H and O–H groups in total. The standard InChI is InChI=1S/C13H17N3/c1-2-3-13-8-15-10-16(13)9-11-4-6-12(14)7-5-11/h4-8,10H,2-3,9,14H2,1H3. The Morgan fingerprint density at radius 2 is 2.00 bits per heavy atom. The van der Waals surface area contributed by atoms with Crippen LogP contribution in [0.5, 0.6) is 0 Å². The first-order valence-corrected chi connectivity index (χ1v) is 5.63. The Bertz CT molecular complexity index is 442. The van der Waals surface area contributed by atoms with Crippen molar-refractivity contribution in [3.8, 4) is 0 Å². The summed E-state index contributed by atoms with van der Waals surface area (Å²) in [4.78, 5) is 4.19. The number of nitrogens with zero attached hydrogens (tertiary/aromatic N) is 2. The molecule has 0 saturated heterocycles. The van der Waals surface area contributed by atoms with Gasteiger partial charge in [-0.25, -0.2) is 4.98 Å². The van der Waals surface area contributed by atoms with Crippen molar-refractivity contribution < 1.29 is 0 Å². The average Bonchev–Trinajstić information content (AvgIpc) is 2.70. The molecule has 16 heavy (non-hydrogen) atoms. The third kappa shape index (κ3) is 2.42. The molecule has 1 aromatic heterocycles. The van der Waals surface area contributed by atoms with Crippen LogP contribution in [0.25, 0.3) is 0 Å². The highest BCUT2D eigenvalue weighted by Gasteiger charge is 2.01. The molecule has 0 aliphatic heterocycles. The molecule has 1 heterocycles. The lowest BCUT2D eigenvalue weighted by molar-refractivity contribution is 0.723. The van der Waals surface area contributed by atoms with E-state index in [1.807, 2.05) is 24.7 Å². The Hall–Kier alpha value is -1.77. The van der Waals surface area contributed by atoms with Gasteiger partial charge in [0.15, 0.2) is 0 Å². The number of aryl methyl sites for hydroxylation is 1. The summed E-state index contributed by atoms with van der Waals surface area (Å²) in [5, 5.41) is 0. The van der Waals surface area contributed by atoms with Crippen molar-refractivity contribution >= 4 is 5.69 Å². The molecule has 0 unspecified atom stereocenters. The fourth-order valence-electron chi connectivity index (χ4n) is 1.77. The summed E-state index contributed by atoms with van der Waals surface area (Å²) < 4.78 is 2.19. The van der Waals surface area contributed by atoms with Crippen LogP contribution in [0.15, 0.2) is 36.8 Å². The molecule has 2 aromatic rings. The third-order valence-electron chi connectivity index (χ3n) is 2.64. The van der Waals surface area contributed by atoms with E-state index in [1.165, 1.54) is 11.3 Å². The summed E-state index contributed by atoms with van der Waals surface area (Å²) in [6, 6.07) is 7.99. The normalized spacial score (nSPS) is 10.6. The van der Waals surface area contributed by atoms with Crippen LogP contribution in [-0.4, -0.2) is 9.55 Å². The largest absolute Gasteiger partial charge is 0.399 e. The van der Waals surface area contributed by atoms with Gasteiger partial charge in [0.2, 0.25) is 0 Å². The van der Waals surface area contributed by atoms with E-state index in [1.54, 1.807) is 0 Å². The molecular formula is C13H17N3. The van der Waals surface area contributed by atoms with Crippen LogP contribution >= 0.6 is 0 Å². The molecule has 1 aromatic carbocycles. The molecule has 0 bridgehead atoms. The Labute approximate surface area is 95.9 Å². The lowest BCUT2D eigenvalue weighted by Gasteiger charge is -2.07. The molecule has 0 amide bonds. The molecule has 84 valence electrons. The number of rotatable bonds is 4. The predicted molar refractivity (Wildman–Crippen MR) is 66.2 cm³/mol. The zero-order valence-electron chi connectivity index (χ0n) is 9.56. The number of aromatic nitrogens is 2. The zero-order valence-corrected chi connectivity index (χ0v) is 9.56. The number of nitrogens with two attached hydrogens (primary N) is 1. The Morgan fingerprint density at radius 1 is 1.25 bits per heavy atom. The van der Waals surface area contributed by atoms with Crippen molar-refractivity contribution in [3.63, 3.8) is 0 Å². The molecule has 2 rings (SSSR count). The summed E-state index contributed by atoms with van der Waals surface area (Å²) in [6.07, 6.45) is 6.06. The molecule has 0 aliphatic rings. The number of anilines is 1. The van der Waals surface area contributed by atoms with Gasteiger partial charge in [-0.3, -0.25) is 0 Å². The van der Waals surface area contributed by atoms with Crippen LogP contribution in [0, 0.1) is 0 Å². The minimum absolute atomic E-state index is 0.808. The van der Waals surface area contributed by atoms with E-state index < -0.39 is 0 Å². The van der Waals surface area contributed by atoms with E-state index in [9.17, 15) is 0 Å². The maximum atomic E-state index is 5.66. The molecule has 0 fully saturated rings. The maximum Gasteiger partial charge on any atom is 0.0951 e. The molecule has 3 nitrogen and oxygen atoms in total. The SMILES string of the molecule is CCCc1cncn1Cc1ccc(N)cc1. The van der Waals surface area contributed by atoms with Gasteiger partial charge in [-0.05, 0) is 24.1 Å². The maximum absolute atomic E-state index is 5.66. The second-order valence-electron chi connectivity index (χ2n) is 4.00. The fourth-order valence-corrected chi connectivity index (χ4v) is 1.77. The summed E-state index contributed by atoms with van der Waals surface area (Å²) in [7, 11) is 0. The van der Waals surface area contributed by atoms with Crippen molar-refractivity contribution in [2.45, 2.75) is 26.3 Å². The van der Waals surface area contributed by atoms with Gasteiger partial charge in [0.25, 0.3) is 0 Å². The summed E-state index contributed by atoms with van der Waals surface area (Å²) in [5.41, 5.74) is 9.01. The van der Waals surface area contributed by atoms with Crippen molar-refractivity contribution in [1.29, 1.82) is 0 Å². The second-order valence-corrected chi connectivity index (χ2v) is 4.00. The molecule has 0 spiro atoms. The topological polar surface area (TPSA) is 43.8 Å². The number of hydrogen-bond acceptors (Lipinski definition) is 2. The summed E-state index contributed by atoms with van der Waals surface area (Å²) in [6.45, 7) is 3.05. The van der Waals surface area contributed by atoms with Crippen LogP contribution in [0.2, 0.25) is 0 Å². The van der Waals surface area contributed by atoms with Gasteiger partial charge in [-0.1, -0.05) is 25.5 Å². The molecule has 0 radical (unpaired) electrons. The van der Waals surface area contributed by atoms with Gasteiger partial charge in [-0.15, -0.1) is 0 Å². The first kappa shape index (κ1) is 10.7. The summed E-state index contributed by atoms with van der Waals surface area (Å²) >= 11 is 0. The van der Waals surface area contributed by atoms with Crippen LogP contribution < -0.4 is 5.73 Å². The third-order valence-corrected chi connectivity index (χ3v) is 2.64. The number of benzene rings is 1. The molecule has 0 aliphatic carbocycles. The fraction of sp³-hybridized carbons (Fsp3) is 0.308. The summed E-state index contributed by atoms with van der Waals surface area (Å²) in [5.74, 6) is 0. The van der Waals surface area contributed by atoms with Crippen LogP contribution in [-0.2, 0) is 13.0 Å². The second kappa shape index (κ2) is 4.84. The zero-order chi connectivity index (χ0) is 11.4. The van der Waals surface area contributed by atoms with E-state index in [0.717, 1.165) is 25.1 Å². The van der Waals surface area contributed by atoms with E-state index >= 15 is 0 Å². The Morgan fingerprint density at radius 3 is 2.69 bits per heavy atom. The van der Waals surface area contributed by atoms with E-state index in [-0.39, 0.29) is 0 Å². The molecule has 0 saturated carbocycles. The van der Waals surface area contributed by atoms with Crippen LogP contribution in [0.4, 0.5) is 5.69 Å². The van der Waals surface area contributed by atoms with Crippen molar-refractivity contribution in [2.75, 3.05) is 5.73 Å². The first-order chi connectivity index (χ1) is 7.79. The van der Waals surface area contributed by atoms with Crippen molar-refractivity contribution in [3.05, 3.63) is 48.0 Å². The van der Waals surface area contributed by atoms with Crippen LogP contribution in [0.3, 0.4) is 0 Å². The Balaban J connectivity index is 2.13. The average molecular weight is 215 g/mol. The van der Waals surface area contributed by atoms with Gasteiger partial charge < -0.3 is 10.3 Å². The molecule has 0 atom stereocenters. The first-order valence-electron chi connectivity index (χ1n) is 5.63. The van der Waals surface area contributed by atoms with Gasteiger partial charge >= 0.3 is 0 Å². The monoisotopic (exact) mass is 215 g/mol. The van der Waals surface area contributed by atoms with Crippen molar-refractivity contribution in [2.24, 2.45) is 0 Å². The van der Waals surface area contributed by atoms with Crippen LogP contribution in [0.1, 0.15) is 24.6 Å². The number of nitrogen functional groups attached to an aromatic ring is 1. The molecule has 3 heteroatoms. The van der Waals surface area contributed by atoms with Gasteiger partial charge in [0, 0.05) is 24.1 Å². The number of hydrogen-bond donors (Lipinski definition) is 1. The van der Waals surface area contributed by atoms with E-state index in [2.05, 4.69) is 28.6 Å². The highest BCUT2D eigenvalue weighted by molar-refractivity contribution is 5.39. The molecular weight excluding hydrogens is 198 g/mol. The Kier molecular flexibility index (Phi) is 3.25. The van der Waals surface area contributed by atoms with Gasteiger partial charge in [0.1, 0.15) is 0 Å². The van der Waals surface area contributed by atoms with Gasteiger partial charge in [0.05, 0.1) is 6.33 Å². The highest BCUT2D eigenvalue weighted by Crippen LogP contribution is 2.10. The smallest absolute Gasteiger partial charge is 0.0951 e. The highest BCUT2D eigenvalue weighted by atomic mass is 15.0. The minimum atomic E-state index is 0.808. The lowest BCUT2D eigenvalue weighted by atomic mass is 10.2. The van der Waals surface area contributed by atoms with E-state index in [4.69, 9.17) is 5.73 Å². The quantitative estimate of drug-likeness (QED) is 0.796. The van der Waals surface area contributed by atoms with Gasteiger partial charge in [-0.2, -0.15) is 0 Å².